The van der Waals surface area contributed by atoms with E-state index in [4.69, 9.17) is 4.74 Å². The topological polar surface area (TPSA) is 47.8 Å². The first-order valence-corrected chi connectivity index (χ1v) is 10.8. The molecule has 0 aliphatic carbocycles. The van der Waals surface area contributed by atoms with Crippen LogP contribution < -0.4 is 10.1 Å². The van der Waals surface area contributed by atoms with Gasteiger partial charge in [-0.05, 0) is 32.9 Å². The van der Waals surface area contributed by atoms with E-state index in [1.807, 2.05) is 26.0 Å². The minimum Gasteiger partial charge on any atom is -0.462 e. The van der Waals surface area contributed by atoms with Crippen LogP contribution in [0.4, 0.5) is 5.69 Å². The Morgan fingerprint density at radius 1 is 1.14 bits per heavy atom. The van der Waals surface area contributed by atoms with E-state index < -0.39 is 14.8 Å². The van der Waals surface area contributed by atoms with Gasteiger partial charge in [-0.25, -0.2) is 4.79 Å². The maximum atomic E-state index is 12.1. The van der Waals surface area contributed by atoms with E-state index in [0.717, 1.165) is 10.6 Å². The zero-order chi connectivity index (χ0) is 16.9. The molecule has 0 saturated carbocycles. The molecular formula is C17H28NO3Si+. The van der Waals surface area contributed by atoms with E-state index in [9.17, 15) is 9.59 Å². The van der Waals surface area contributed by atoms with Crippen LogP contribution >= 0.6 is 0 Å². The Kier molecular flexibility index (Phi) is 6.96. The number of ketones is 1. The van der Waals surface area contributed by atoms with Gasteiger partial charge in [-0.15, -0.1) is 0 Å². The lowest BCUT2D eigenvalue weighted by atomic mass is 10.1. The fourth-order valence-corrected chi connectivity index (χ4v) is 3.51. The molecule has 0 spiro atoms. The van der Waals surface area contributed by atoms with Crippen LogP contribution in [0.15, 0.2) is 24.3 Å². The molecule has 0 bridgehead atoms. The van der Waals surface area contributed by atoms with Gasteiger partial charge >= 0.3 is 5.97 Å². The summed E-state index contributed by atoms with van der Waals surface area (Å²) >= 11 is 0. The van der Waals surface area contributed by atoms with Crippen molar-refractivity contribution < 1.29 is 19.2 Å². The van der Waals surface area contributed by atoms with Crippen molar-refractivity contribution in [2.24, 2.45) is 0 Å². The smallest absolute Gasteiger partial charge is 0.365 e. The van der Waals surface area contributed by atoms with Gasteiger partial charge in [0, 0.05) is 6.92 Å². The monoisotopic (exact) mass is 322 g/mol. The van der Waals surface area contributed by atoms with Crippen LogP contribution in [-0.4, -0.2) is 39.2 Å². The molecule has 122 valence electrons. The average Bonchev–Trinajstić information content (AvgIpc) is 2.47. The Morgan fingerprint density at radius 3 is 2.09 bits per heavy atom. The Morgan fingerprint density at radius 2 is 1.68 bits per heavy atom. The standard InChI is InChI=1S/C17H27NO3Si/c1-7-21-17(20)13(3)18(12(2)14(4)19)15-8-10-16(11-9-15)22(5)6/h8-13,22H,7H2,1-6H3/p+1. The maximum absolute atomic E-state index is 12.1. The number of nitrogens with one attached hydrogen (secondary N) is 1. The molecule has 1 rings (SSSR count). The van der Waals surface area contributed by atoms with E-state index in [1.54, 1.807) is 13.8 Å². The summed E-state index contributed by atoms with van der Waals surface area (Å²) in [7, 11) is -0.848. The number of carbonyl (C=O) groups excluding carboxylic acids is 2. The van der Waals surface area contributed by atoms with Gasteiger partial charge in [-0.3, -0.25) is 9.69 Å². The summed E-state index contributed by atoms with van der Waals surface area (Å²) in [6.07, 6.45) is 0. The largest absolute Gasteiger partial charge is 0.462 e. The third-order valence-electron chi connectivity index (χ3n) is 4.09. The van der Waals surface area contributed by atoms with Crippen LogP contribution in [0.1, 0.15) is 27.7 Å². The molecule has 3 atom stereocenters. The van der Waals surface area contributed by atoms with Crippen molar-refractivity contribution in [3.05, 3.63) is 24.3 Å². The third kappa shape index (κ3) is 4.51. The molecule has 0 heterocycles. The van der Waals surface area contributed by atoms with Crippen molar-refractivity contribution in [2.75, 3.05) is 6.61 Å². The first kappa shape index (κ1) is 18.6. The van der Waals surface area contributed by atoms with Crippen molar-refractivity contribution >= 4 is 31.4 Å². The maximum Gasteiger partial charge on any atom is 0.365 e. The summed E-state index contributed by atoms with van der Waals surface area (Å²) in [5.41, 5.74) is 0.960. The van der Waals surface area contributed by atoms with Crippen molar-refractivity contribution in [2.45, 2.75) is 52.9 Å². The highest BCUT2D eigenvalue weighted by Gasteiger charge is 2.34. The summed E-state index contributed by atoms with van der Waals surface area (Å²) in [4.78, 5) is 24.8. The molecule has 1 aromatic rings. The Bertz CT molecular complexity index is 513. The molecule has 0 amide bonds. The Hall–Kier alpha value is -1.46. The zero-order valence-electron chi connectivity index (χ0n) is 14.5. The predicted molar refractivity (Wildman–Crippen MR) is 91.8 cm³/mol. The van der Waals surface area contributed by atoms with Gasteiger partial charge in [-0.1, -0.05) is 30.4 Å². The SMILES string of the molecule is CCOC(=O)C(C)[NH+](c1ccc([SiH](C)C)cc1)C(C)C(C)=O. The van der Waals surface area contributed by atoms with Crippen molar-refractivity contribution in [3.8, 4) is 0 Å². The number of esters is 1. The van der Waals surface area contributed by atoms with Gasteiger partial charge in [0.25, 0.3) is 0 Å². The molecule has 0 fully saturated rings. The molecule has 5 heteroatoms. The van der Waals surface area contributed by atoms with Crippen LogP contribution in [0.2, 0.25) is 13.1 Å². The summed E-state index contributed by atoms with van der Waals surface area (Å²) < 4.78 is 5.13. The molecule has 4 nitrogen and oxygen atoms in total. The van der Waals surface area contributed by atoms with Gasteiger partial charge < -0.3 is 4.74 Å². The van der Waals surface area contributed by atoms with Crippen LogP contribution in [0, 0.1) is 0 Å². The molecule has 0 aromatic heterocycles. The minimum atomic E-state index is -0.848. The summed E-state index contributed by atoms with van der Waals surface area (Å²) in [5, 5.41) is 1.38. The first-order valence-electron chi connectivity index (χ1n) is 7.93. The Balaban J connectivity index is 3.14. The second-order valence-corrected chi connectivity index (χ2v) is 9.01. The lowest BCUT2D eigenvalue weighted by molar-refractivity contribution is -0.864. The lowest BCUT2D eigenvalue weighted by Crippen LogP contribution is -3.16. The number of Topliss-reactive ketones (excluding diaryl/α,β-unsaturated/α-hetero) is 1. The highest BCUT2D eigenvalue weighted by atomic mass is 28.3. The van der Waals surface area contributed by atoms with Crippen molar-refractivity contribution in [3.63, 3.8) is 0 Å². The quantitative estimate of drug-likeness (QED) is 0.597. The fourth-order valence-electron chi connectivity index (χ4n) is 2.55. The number of hydrogen-bond acceptors (Lipinski definition) is 3. The summed E-state index contributed by atoms with van der Waals surface area (Å²) in [6, 6.07) is 7.61. The molecule has 3 unspecified atom stereocenters. The van der Waals surface area contributed by atoms with E-state index >= 15 is 0 Å². The van der Waals surface area contributed by atoms with E-state index in [1.165, 1.54) is 5.19 Å². The van der Waals surface area contributed by atoms with Gasteiger partial charge in [0.15, 0.2) is 11.8 Å². The normalized spacial score (nSPS) is 15.2. The molecule has 0 aliphatic heterocycles. The highest BCUT2D eigenvalue weighted by molar-refractivity contribution is 6.70. The van der Waals surface area contributed by atoms with Crippen molar-refractivity contribution in [1.29, 1.82) is 0 Å². The molecule has 0 saturated heterocycles. The van der Waals surface area contributed by atoms with Gasteiger partial charge in [0.1, 0.15) is 11.7 Å². The first-order chi connectivity index (χ1) is 10.3. The average molecular weight is 323 g/mol. The van der Waals surface area contributed by atoms with Crippen LogP contribution in [0.5, 0.6) is 0 Å². The second kappa shape index (κ2) is 8.24. The number of benzene rings is 1. The number of rotatable bonds is 7. The molecular weight excluding hydrogens is 294 g/mol. The predicted octanol–water partition coefficient (Wildman–Crippen LogP) is 0.826. The third-order valence-corrected chi connectivity index (χ3v) is 5.81. The van der Waals surface area contributed by atoms with E-state index in [0.29, 0.717) is 6.61 Å². The van der Waals surface area contributed by atoms with Gasteiger partial charge in [0.2, 0.25) is 0 Å². The number of quaternary nitrogens is 1. The Labute approximate surface area is 135 Å². The second-order valence-electron chi connectivity index (χ2n) is 6.04. The van der Waals surface area contributed by atoms with Crippen molar-refractivity contribution in [1.82, 2.24) is 0 Å². The van der Waals surface area contributed by atoms with Crippen LogP contribution in [0.3, 0.4) is 0 Å². The lowest BCUT2D eigenvalue weighted by Gasteiger charge is -2.28. The number of ether oxygens (including phenoxy) is 1. The fraction of sp³-hybridized carbons (Fsp3) is 0.529. The minimum absolute atomic E-state index is 0.0634. The molecule has 1 aromatic carbocycles. The summed E-state index contributed by atoms with van der Waals surface area (Å²) in [6.45, 7) is 11.9. The molecule has 0 aliphatic rings. The number of hydrogen-bond donors (Lipinski definition) is 1. The van der Waals surface area contributed by atoms with Crippen LogP contribution in [0.25, 0.3) is 0 Å². The van der Waals surface area contributed by atoms with Gasteiger partial charge in [0.05, 0.1) is 15.4 Å². The molecule has 1 N–H and O–H groups in total. The molecule has 22 heavy (non-hydrogen) atoms. The molecule has 0 radical (unpaired) electrons. The number of carbonyl (C=O) groups is 2. The zero-order valence-corrected chi connectivity index (χ0v) is 15.6. The summed E-state index contributed by atoms with van der Waals surface area (Å²) in [5.74, 6) is -0.207. The van der Waals surface area contributed by atoms with Crippen LogP contribution in [-0.2, 0) is 14.3 Å². The van der Waals surface area contributed by atoms with E-state index in [-0.39, 0.29) is 17.8 Å². The van der Waals surface area contributed by atoms with E-state index in [2.05, 4.69) is 25.2 Å². The van der Waals surface area contributed by atoms with Gasteiger partial charge in [-0.2, -0.15) is 0 Å². The highest BCUT2D eigenvalue weighted by Crippen LogP contribution is 2.03.